The number of carbonyl (C=O) groups excluding carboxylic acids is 1. The molecular weight excluding hydrogens is 483 g/mol. The van der Waals surface area contributed by atoms with Gasteiger partial charge in [-0.05, 0) is 32.0 Å². The number of nitrogens with one attached hydrogen (secondary N) is 1. The van der Waals surface area contributed by atoms with E-state index < -0.39 is 30.9 Å². The number of ether oxygens (including phenoxy) is 1. The van der Waals surface area contributed by atoms with E-state index in [1.54, 1.807) is 29.1 Å². The van der Waals surface area contributed by atoms with Crippen molar-refractivity contribution in [2.45, 2.75) is 44.7 Å². The van der Waals surface area contributed by atoms with Gasteiger partial charge in [0.15, 0.2) is 18.1 Å². The van der Waals surface area contributed by atoms with Gasteiger partial charge in [0.1, 0.15) is 24.3 Å². The molecule has 2 aromatic heterocycles. The van der Waals surface area contributed by atoms with Gasteiger partial charge in [-0.25, -0.2) is 14.4 Å². The first kappa shape index (κ1) is 25.9. The van der Waals surface area contributed by atoms with Crippen LogP contribution in [0.25, 0.3) is 11.4 Å². The van der Waals surface area contributed by atoms with Gasteiger partial charge in [0, 0.05) is 30.8 Å². The molecule has 1 saturated heterocycles. The van der Waals surface area contributed by atoms with Gasteiger partial charge in [-0.15, -0.1) is 0 Å². The molecule has 3 N–H and O–H groups in total. The second kappa shape index (κ2) is 11.3. The van der Waals surface area contributed by atoms with Crippen molar-refractivity contribution < 1.29 is 24.1 Å². The second-order valence-corrected chi connectivity index (χ2v) is 8.83. The van der Waals surface area contributed by atoms with E-state index in [-0.39, 0.29) is 36.9 Å². The molecule has 1 aromatic carbocycles. The van der Waals surface area contributed by atoms with Crippen LogP contribution in [0.3, 0.4) is 0 Å². The van der Waals surface area contributed by atoms with E-state index in [2.05, 4.69) is 31.4 Å². The molecule has 0 saturated carbocycles. The number of hydrogen-bond donors (Lipinski definition) is 3. The third-order valence-electron chi connectivity index (χ3n) is 5.85. The van der Waals surface area contributed by atoms with E-state index >= 15 is 0 Å². The standard InChI is InChI=1S/C24H27FN8O4/c1-14(2)33-10-17(9-29-33)30-24-28-13-27-22(31-24)15-3-4-20(16(7-15)8-26)37-21-5-6-32(11-18(21)25)23(36)19(35)12-34/h3-4,7,9-10,13-14,18-19,21,34-35H,5-6,11-12H2,1-2H3,(H,27,28,30,31)/t18-,19-,21-/m0/s1. The molecule has 3 aromatic rings. The minimum Gasteiger partial charge on any atom is -0.486 e. The second-order valence-electron chi connectivity index (χ2n) is 8.83. The lowest BCUT2D eigenvalue weighted by atomic mass is 10.0. The predicted molar refractivity (Wildman–Crippen MR) is 129 cm³/mol. The molecule has 0 radical (unpaired) electrons. The van der Waals surface area contributed by atoms with Gasteiger partial charge in [-0.1, -0.05) is 0 Å². The number of anilines is 2. The number of aliphatic hydroxyl groups excluding tert-OH is 2. The zero-order chi connectivity index (χ0) is 26.5. The number of nitriles is 1. The van der Waals surface area contributed by atoms with Crippen LogP contribution in [-0.2, 0) is 4.79 Å². The van der Waals surface area contributed by atoms with Crippen molar-refractivity contribution in [1.29, 1.82) is 5.26 Å². The maximum absolute atomic E-state index is 14.8. The number of aliphatic hydroxyl groups is 2. The summed E-state index contributed by atoms with van der Waals surface area (Å²) in [5.74, 6) is 0.0997. The Morgan fingerprint density at radius 3 is 2.86 bits per heavy atom. The largest absolute Gasteiger partial charge is 0.486 e. The number of likely N-dealkylation sites (tertiary alicyclic amines) is 1. The Morgan fingerprint density at radius 1 is 1.38 bits per heavy atom. The molecule has 1 amide bonds. The monoisotopic (exact) mass is 510 g/mol. The van der Waals surface area contributed by atoms with Gasteiger partial charge < -0.3 is 25.2 Å². The summed E-state index contributed by atoms with van der Waals surface area (Å²) < 4.78 is 22.4. The number of hydrogen-bond acceptors (Lipinski definition) is 10. The summed E-state index contributed by atoms with van der Waals surface area (Å²) >= 11 is 0. The molecule has 0 unspecified atom stereocenters. The van der Waals surface area contributed by atoms with Crippen LogP contribution >= 0.6 is 0 Å². The molecule has 12 nitrogen and oxygen atoms in total. The summed E-state index contributed by atoms with van der Waals surface area (Å²) in [5.41, 5.74) is 1.43. The first-order valence-corrected chi connectivity index (χ1v) is 11.7. The van der Waals surface area contributed by atoms with Crippen molar-refractivity contribution in [2.24, 2.45) is 0 Å². The highest BCUT2D eigenvalue weighted by molar-refractivity contribution is 5.81. The Balaban J connectivity index is 1.46. The summed E-state index contributed by atoms with van der Waals surface area (Å²) in [7, 11) is 0. The van der Waals surface area contributed by atoms with Crippen molar-refractivity contribution in [3.63, 3.8) is 0 Å². The predicted octanol–water partition coefficient (Wildman–Crippen LogP) is 1.60. The highest BCUT2D eigenvalue weighted by Crippen LogP contribution is 2.28. The topological polar surface area (TPSA) is 162 Å². The van der Waals surface area contributed by atoms with Gasteiger partial charge in [0.2, 0.25) is 5.95 Å². The molecule has 4 rings (SSSR count). The maximum Gasteiger partial charge on any atom is 0.253 e. The molecule has 1 fully saturated rings. The van der Waals surface area contributed by atoms with E-state index in [1.807, 2.05) is 20.0 Å². The Morgan fingerprint density at radius 2 is 2.19 bits per heavy atom. The molecule has 1 aliphatic rings. The Hall–Kier alpha value is -4.15. The highest BCUT2D eigenvalue weighted by Gasteiger charge is 2.35. The summed E-state index contributed by atoms with van der Waals surface area (Å²) in [5, 5.41) is 35.5. The quantitative estimate of drug-likeness (QED) is 0.406. The number of aromatic nitrogens is 5. The van der Waals surface area contributed by atoms with Crippen LogP contribution in [0, 0.1) is 11.3 Å². The zero-order valence-corrected chi connectivity index (χ0v) is 20.3. The Labute approximate surface area is 212 Å². The number of benzene rings is 1. The van der Waals surface area contributed by atoms with Crippen LogP contribution in [0.5, 0.6) is 5.75 Å². The van der Waals surface area contributed by atoms with E-state index in [4.69, 9.17) is 9.84 Å². The fourth-order valence-electron chi connectivity index (χ4n) is 3.84. The number of carbonyl (C=O) groups is 1. The fraction of sp³-hybridized carbons (Fsp3) is 0.417. The first-order chi connectivity index (χ1) is 17.8. The summed E-state index contributed by atoms with van der Waals surface area (Å²) in [6, 6.07) is 7.03. The lowest BCUT2D eigenvalue weighted by Crippen LogP contribution is -2.52. The molecule has 3 heterocycles. The molecule has 0 spiro atoms. The van der Waals surface area contributed by atoms with Crippen molar-refractivity contribution in [1.82, 2.24) is 29.6 Å². The van der Waals surface area contributed by atoms with Gasteiger partial charge in [0.25, 0.3) is 5.91 Å². The smallest absolute Gasteiger partial charge is 0.253 e. The normalized spacial score (nSPS) is 18.4. The van der Waals surface area contributed by atoms with Crippen molar-refractivity contribution in [3.8, 4) is 23.2 Å². The van der Waals surface area contributed by atoms with Gasteiger partial charge >= 0.3 is 0 Å². The average Bonchev–Trinajstić information content (AvgIpc) is 3.38. The zero-order valence-electron chi connectivity index (χ0n) is 20.3. The van der Waals surface area contributed by atoms with Gasteiger partial charge in [0.05, 0.1) is 30.6 Å². The lowest BCUT2D eigenvalue weighted by Gasteiger charge is -2.35. The third kappa shape index (κ3) is 5.99. The first-order valence-electron chi connectivity index (χ1n) is 11.7. The van der Waals surface area contributed by atoms with Crippen molar-refractivity contribution in [2.75, 3.05) is 25.0 Å². The average molecular weight is 511 g/mol. The molecule has 3 atom stereocenters. The number of piperidine rings is 1. The van der Waals surface area contributed by atoms with E-state index in [1.165, 1.54) is 6.33 Å². The van der Waals surface area contributed by atoms with Gasteiger partial charge in [-0.3, -0.25) is 9.48 Å². The van der Waals surface area contributed by atoms with Crippen LogP contribution < -0.4 is 10.1 Å². The summed E-state index contributed by atoms with van der Waals surface area (Å²) in [6.45, 7) is 3.17. The summed E-state index contributed by atoms with van der Waals surface area (Å²) in [6.07, 6.45) is 1.02. The molecule has 1 aliphatic heterocycles. The van der Waals surface area contributed by atoms with Crippen LogP contribution in [0.1, 0.15) is 31.9 Å². The van der Waals surface area contributed by atoms with Crippen LogP contribution in [-0.4, -0.2) is 83.8 Å². The molecular formula is C24H27FN8O4. The SMILES string of the molecule is CC(C)n1cc(Nc2ncnc(-c3ccc(O[C@H]4CCN(C(=O)[C@@H](O)CO)C[C@@H]4F)c(C#N)c3)n2)cn1. The van der Waals surface area contributed by atoms with Crippen LogP contribution in [0.15, 0.2) is 36.9 Å². The van der Waals surface area contributed by atoms with Crippen LogP contribution in [0.4, 0.5) is 16.0 Å². The molecule has 0 bridgehead atoms. The molecule has 0 aliphatic carbocycles. The Kier molecular flexibility index (Phi) is 7.90. The summed E-state index contributed by atoms with van der Waals surface area (Å²) in [4.78, 5) is 25.9. The Bertz CT molecular complexity index is 1290. The van der Waals surface area contributed by atoms with Gasteiger partial charge in [-0.2, -0.15) is 15.3 Å². The minimum absolute atomic E-state index is 0.150. The van der Waals surface area contributed by atoms with E-state index in [9.17, 15) is 19.6 Å². The van der Waals surface area contributed by atoms with E-state index in [0.717, 1.165) is 4.90 Å². The third-order valence-corrected chi connectivity index (χ3v) is 5.85. The number of nitrogens with zero attached hydrogens (tertiary/aromatic N) is 7. The maximum atomic E-state index is 14.8. The lowest BCUT2D eigenvalue weighted by molar-refractivity contribution is -0.146. The van der Waals surface area contributed by atoms with E-state index in [0.29, 0.717) is 23.0 Å². The number of alkyl halides is 1. The fourth-order valence-corrected chi connectivity index (χ4v) is 3.84. The molecule has 37 heavy (non-hydrogen) atoms. The highest BCUT2D eigenvalue weighted by atomic mass is 19.1. The minimum atomic E-state index is -1.58. The molecule has 13 heteroatoms. The number of rotatable bonds is 8. The number of amides is 1. The van der Waals surface area contributed by atoms with Crippen LogP contribution in [0.2, 0.25) is 0 Å². The van der Waals surface area contributed by atoms with Crippen molar-refractivity contribution >= 4 is 17.5 Å². The van der Waals surface area contributed by atoms with Crippen molar-refractivity contribution in [3.05, 3.63) is 42.5 Å². The molecule has 194 valence electrons. The number of halogens is 1.